The summed E-state index contributed by atoms with van der Waals surface area (Å²) in [5.74, 6) is 0.446. The first-order valence-corrected chi connectivity index (χ1v) is 8.12. The second-order valence-corrected chi connectivity index (χ2v) is 6.05. The Kier molecular flexibility index (Phi) is 6.05. The summed E-state index contributed by atoms with van der Waals surface area (Å²) >= 11 is 5.89. The van der Waals surface area contributed by atoms with E-state index in [0.717, 1.165) is 12.0 Å². The third kappa shape index (κ3) is 5.00. The standard InChI is InChI=1S/C19H22ClNO2/c1-4-18(15-9-8-13(2)14(3)10-15)21-19(22)12-23-17-7-5-6-16(20)11-17/h5-11,18H,4,12H2,1-3H3,(H,21,22)/t18-/m1/s1. The van der Waals surface area contributed by atoms with Gasteiger partial charge in [0.15, 0.2) is 6.61 Å². The third-order valence-electron chi connectivity index (χ3n) is 3.84. The third-order valence-corrected chi connectivity index (χ3v) is 4.08. The summed E-state index contributed by atoms with van der Waals surface area (Å²) in [5, 5.41) is 3.61. The molecule has 122 valence electrons. The quantitative estimate of drug-likeness (QED) is 0.839. The molecule has 0 bridgehead atoms. The average molecular weight is 332 g/mol. The fourth-order valence-corrected chi connectivity index (χ4v) is 2.52. The van der Waals surface area contributed by atoms with Crippen molar-refractivity contribution >= 4 is 17.5 Å². The zero-order valence-corrected chi connectivity index (χ0v) is 14.5. The van der Waals surface area contributed by atoms with Crippen molar-refractivity contribution in [1.29, 1.82) is 0 Å². The van der Waals surface area contributed by atoms with Gasteiger partial charge >= 0.3 is 0 Å². The summed E-state index contributed by atoms with van der Waals surface area (Å²) in [6, 6.07) is 13.3. The monoisotopic (exact) mass is 331 g/mol. The molecule has 0 aromatic heterocycles. The first kappa shape index (κ1) is 17.4. The zero-order chi connectivity index (χ0) is 16.8. The largest absolute Gasteiger partial charge is 0.484 e. The molecule has 2 rings (SSSR count). The minimum absolute atomic E-state index is 0.00948. The Morgan fingerprint density at radius 1 is 1.17 bits per heavy atom. The lowest BCUT2D eigenvalue weighted by Gasteiger charge is -2.19. The van der Waals surface area contributed by atoms with Gasteiger partial charge in [0.25, 0.3) is 5.91 Å². The normalized spacial score (nSPS) is 11.8. The second kappa shape index (κ2) is 8.02. The van der Waals surface area contributed by atoms with Crippen molar-refractivity contribution in [3.63, 3.8) is 0 Å². The Labute approximate surface area is 142 Å². The van der Waals surface area contributed by atoms with Gasteiger partial charge in [0.05, 0.1) is 6.04 Å². The van der Waals surface area contributed by atoms with Gasteiger partial charge in [-0.1, -0.05) is 42.8 Å². The molecule has 0 fully saturated rings. The topological polar surface area (TPSA) is 38.3 Å². The van der Waals surface area contributed by atoms with Crippen LogP contribution < -0.4 is 10.1 Å². The molecule has 2 aromatic rings. The van der Waals surface area contributed by atoms with E-state index in [9.17, 15) is 4.79 Å². The Morgan fingerprint density at radius 2 is 1.96 bits per heavy atom. The smallest absolute Gasteiger partial charge is 0.258 e. The highest BCUT2D eigenvalue weighted by Crippen LogP contribution is 2.20. The number of carbonyl (C=O) groups excluding carboxylic acids is 1. The summed E-state index contributed by atoms with van der Waals surface area (Å²) in [7, 11) is 0. The lowest BCUT2D eigenvalue weighted by molar-refractivity contribution is -0.123. The second-order valence-electron chi connectivity index (χ2n) is 5.62. The van der Waals surface area contributed by atoms with Crippen LogP contribution >= 0.6 is 11.6 Å². The number of rotatable bonds is 6. The first-order chi connectivity index (χ1) is 11.0. The van der Waals surface area contributed by atoms with Crippen molar-refractivity contribution in [1.82, 2.24) is 5.32 Å². The average Bonchev–Trinajstić information content (AvgIpc) is 2.53. The number of amides is 1. The molecule has 0 unspecified atom stereocenters. The molecule has 0 spiro atoms. The van der Waals surface area contributed by atoms with Crippen molar-refractivity contribution in [2.24, 2.45) is 0 Å². The minimum atomic E-state index is -0.143. The molecule has 0 aliphatic heterocycles. The van der Waals surface area contributed by atoms with Crippen LogP contribution in [0.15, 0.2) is 42.5 Å². The summed E-state index contributed by atoms with van der Waals surface area (Å²) < 4.78 is 5.48. The predicted octanol–water partition coefficient (Wildman–Crippen LogP) is 4.60. The number of aryl methyl sites for hydroxylation is 2. The predicted molar refractivity (Wildman–Crippen MR) is 94.0 cm³/mol. The van der Waals surface area contributed by atoms with Crippen molar-refractivity contribution in [3.8, 4) is 5.75 Å². The highest BCUT2D eigenvalue weighted by molar-refractivity contribution is 6.30. The van der Waals surface area contributed by atoms with E-state index in [4.69, 9.17) is 16.3 Å². The minimum Gasteiger partial charge on any atom is -0.484 e. The molecule has 0 saturated heterocycles. The van der Waals surface area contributed by atoms with Crippen LogP contribution in [-0.2, 0) is 4.79 Å². The van der Waals surface area contributed by atoms with Crippen LogP contribution in [0.1, 0.15) is 36.1 Å². The number of carbonyl (C=O) groups is 1. The lowest BCUT2D eigenvalue weighted by Crippen LogP contribution is -2.32. The Balaban J connectivity index is 1.95. The van der Waals surface area contributed by atoms with Gasteiger partial charge in [-0.25, -0.2) is 0 Å². The molecule has 0 heterocycles. The molecule has 0 aliphatic rings. The first-order valence-electron chi connectivity index (χ1n) is 7.74. The van der Waals surface area contributed by atoms with Crippen LogP contribution in [0.25, 0.3) is 0 Å². The van der Waals surface area contributed by atoms with Gasteiger partial charge in [0, 0.05) is 5.02 Å². The molecule has 0 saturated carbocycles. The molecule has 2 aromatic carbocycles. The SMILES string of the molecule is CC[C@@H](NC(=O)COc1cccc(Cl)c1)c1ccc(C)c(C)c1. The number of ether oxygens (including phenoxy) is 1. The van der Waals surface area contributed by atoms with Crippen LogP contribution in [0.3, 0.4) is 0 Å². The van der Waals surface area contributed by atoms with Crippen molar-refractivity contribution in [3.05, 3.63) is 64.2 Å². The van der Waals surface area contributed by atoms with Crippen LogP contribution in [0.4, 0.5) is 0 Å². The van der Waals surface area contributed by atoms with Gasteiger partial charge in [0.1, 0.15) is 5.75 Å². The van der Waals surface area contributed by atoms with E-state index in [0.29, 0.717) is 10.8 Å². The molecule has 23 heavy (non-hydrogen) atoms. The Morgan fingerprint density at radius 3 is 2.61 bits per heavy atom. The fraction of sp³-hybridized carbons (Fsp3) is 0.316. The van der Waals surface area contributed by atoms with Gasteiger partial charge in [-0.3, -0.25) is 4.79 Å². The Bertz CT molecular complexity index is 685. The number of hydrogen-bond acceptors (Lipinski definition) is 2. The zero-order valence-electron chi connectivity index (χ0n) is 13.7. The number of hydrogen-bond donors (Lipinski definition) is 1. The van der Waals surface area contributed by atoms with Gasteiger partial charge in [-0.15, -0.1) is 0 Å². The van der Waals surface area contributed by atoms with E-state index in [2.05, 4.69) is 44.3 Å². The van der Waals surface area contributed by atoms with E-state index in [1.54, 1.807) is 24.3 Å². The van der Waals surface area contributed by atoms with Crippen molar-refractivity contribution in [2.75, 3.05) is 6.61 Å². The van der Waals surface area contributed by atoms with E-state index in [1.165, 1.54) is 11.1 Å². The van der Waals surface area contributed by atoms with E-state index in [-0.39, 0.29) is 18.6 Å². The number of nitrogens with one attached hydrogen (secondary N) is 1. The van der Waals surface area contributed by atoms with Gasteiger partial charge in [-0.2, -0.15) is 0 Å². The van der Waals surface area contributed by atoms with E-state index < -0.39 is 0 Å². The molecule has 0 aliphatic carbocycles. The molecule has 4 heteroatoms. The van der Waals surface area contributed by atoms with E-state index >= 15 is 0 Å². The van der Waals surface area contributed by atoms with Crippen LogP contribution in [0.2, 0.25) is 5.02 Å². The maximum absolute atomic E-state index is 12.1. The maximum atomic E-state index is 12.1. The maximum Gasteiger partial charge on any atom is 0.258 e. The van der Waals surface area contributed by atoms with E-state index in [1.807, 2.05) is 0 Å². The summed E-state index contributed by atoms with van der Waals surface area (Å²) in [6.45, 7) is 6.19. The molecular formula is C19H22ClNO2. The molecule has 1 N–H and O–H groups in total. The highest BCUT2D eigenvalue weighted by atomic mass is 35.5. The molecular weight excluding hydrogens is 310 g/mol. The number of benzene rings is 2. The summed E-state index contributed by atoms with van der Waals surface area (Å²) in [6.07, 6.45) is 0.825. The van der Waals surface area contributed by atoms with Crippen molar-refractivity contribution in [2.45, 2.75) is 33.2 Å². The van der Waals surface area contributed by atoms with Gasteiger partial charge < -0.3 is 10.1 Å². The Hall–Kier alpha value is -2.00. The van der Waals surface area contributed by atoms with Crippen LogP contribution in [0, 0.1) is 13.8 Å². The lowest BCUT2D eigenvalue weighted by atomic mass is 9.99. The van der Waals surface area contributed by atoms with Gasteiger partial charge in [0.2, 0.25) is 0 Å². The van der Waals surface area contributed by atoms with Crippen LogP contribution in [-0.4, -0.2) is 12.5 Å². The van der Waals surface area contributed by atoms with Crippen LogP contribution in [0.5, 0.6) is 5.75 Å². The summed E-state index contributed by atoms with van der Waals surface area (Å²) in [4.78, 5) is 12.1. The highest BCUT2D eigenvalue weighted by Gasteiger charge is 2.13. The summed E-state index contributed by atoms with van der Waals surface area (Å²) in [5.41, 5.74) is 3.59. The molecule has 1 atom stereocenters. The van der Waals surface area contributed by atoms with Gasteiger partial charge in [-0.05, 0) is 55.2 Å². The fourth-order valence-electron chi connectivity index (χ4n) is 2.34. The molecule has 3 nitrogen and oxygen atoms in total. The number of halogens is 1. The van der Waals surface area contributed by atoms with Crippen molar-refractivity contribution < 1.29 is 9.53 Å². The molecule has 1 amide bonds. The molecule has 0 radical (unpaired) electrons.